The molecular formula is C24H25ClF2N4O3. The molecule has 0 aliphatic carbocycles. The van der Waals surface area contributed by atoms with Gasteiger partial charge in [-0.2, -0.15) is 0 Å². The fourth-order valence-corrected chi connectivity index (χ4v) is 3.02. The molecule has 1 N–H and O–H groups in total. The summed E-state index contributed by atoms with van der Waals surface area (Å²) in [6.07, 6.45) is 6.80. The summed E-state index contributed by atoms with van der Waals surface area (Å²) in [6, 6.07) is 2.21. The van der Waals surface area contributed by atoms with Gasteiger partial charge in [-0.15, -0.1) is 0 Å². The van der Waals surface area contributed by atoms with Gasteiger partial charge >= 0.3 is 0 Å². The van der Waals surface area contributed by atoms with E-state index in [2.05, 4.69) is 15.3 Å². The van der Waals surface area contributed by atoms with Gasteiger partial charge in [0.1, 0.15) is 29.6 Å². The predicted molar refractivity (Wildman–Crippen MR) is 125 cm³/mol. The minimum Gasteiger partial charge on any atom is -0.486 e. The summed E-state index contributed by atoms with van der Waals surface area (Å²) in [5.74, 6) is -2.25. The van der Waals surface area contributed by atoms with Gasteiger partial charge in [0.2, 0.25) is 11.7 Å². The maximum absolute atomic E-state index is 14.0. The van der Waals surface area contributed by atoms with Crippen LogP contribution in [0.2, 0.25) is 0 Å². The van der Waals surface area contributed by atoms with Gasteiger partial charge in [0.05, 0.1) is 11.2 Å². The van der Waals surface area contributed by atoms with E-state index in [0.29, 0.717) is 22.9 Å². The van der Waals surface area contributed by atoms with Crippen molar-refractivity contribution in [3.05, 3.63) is 88.5 Å². The van der Waals surface area contributed by atoms with Crippen molar-refractivity contribution in [2.45, 2.75) is 27.4 Å². The standard InChI is InChI=1S/C24H25ClF2N4O3/c1-14-11-28-20(22(33)6-7-31(4)5)10-18(14)24(25)23(8-15(2)30-16(3)32)34-13-21-19(27)9-17(26)12-29-21/h6-12H,13H2,1-5H3,(H,30,32)/b7-6+,15-8-,24-23-. The molecule has 0 spiro atoms. The lowest BCUT2D eigenvalue weighted by Crippen LogP contribution is -2.17. The fraction of sp³-hybridized carbons (Fsp3) is 0.250. The maximum Gasteiger partial charge on any atom is 0.220 e. The van der Waals surface area contributed by atoms with Crippen molar-refractivity contribution in [3.63, 3.8) is 0 Å². The summed E-state index contributed by atoms with van der Waals surface area (Å²) in [7, 11) is 3.56. The highest BCUT2D eigenvalue weighted by Gasteiger charge is 2.16. The first-order valence-electron chi connectivity index (χ1n) is 10.1. The van der Waals surface area contributed by atoms with E-state index in [1.54, 1.807) is 39.0 Å². The number of rotatable bonds is 9. The molecule has 0 unspecified atom stereocenters. The highest BCUT2D eigenvalue weighted by Crippen LogP contribution is 2.29. The number of pyridine rings is 2. The number of hydrogen-bond acceptors (Lipinski definition) is 6. The molecule has 34 heavy (non-hydrogen) atoms. The minimum atomic E-state index is -0.876. The van der Waals surface area contributed by atoms with E-state index >= 15 is 0 Å². The number of ether oxygens (including phenoxy) is 1. The zero-order valence-corrected chi connectivity index (χ0v) is 20.2. The largest absolute Gasteiger partial charge is 0.486 e. The smallest absolute Gasteiger partial charge is 0.220 e. The molecule has 0 aliphatic rings. The van der Waals surface area contributed by atoms with Gasteiger partial charge in [-0.25, -0.2) is 8.78 Å². The first kappa shape index (κ1) is 26.7. The van der Waals surface area contributed by atoms with Crippen molar-refractivity contribution < 1.29 is 23.1 Å². The van der Waals surface area contributed by atoms with Crippen molar-refractivity contribution in [1.82, 2.24) is 20.2 Å². The van der Waals surface area contributed by atoms with Crippen LogP contribution in [0.25, 0.3) is 5.03 Å². The van der Waals surface area contributed by atoms with Gasteiger partial charge in [0, 0.05) is 62.9 Å². The second kappa shape index (κ2) is 12.0. The summed E-state index contributed by atoms with van der Waals surface area (Å²) in [5.41, 5.74) is 1.53. The third-order valence-corrected chi connectivity index (χ3v) is 4.69. The highest BCUT2D eigenvalue weighted by atomic mass is 35.5. The van der Waals surface area contributed by atoms with Crippen LogP contribution in [-0.2, 0) is 16.1 Å². The normalized spacial score (nSPS) is 12.4. The van der Waals surface area contributed by atoms with Crippen LogP contribution in [0.15, 0.2) is 54.3 Å². The Morgan fingerprint density at radius 2 is 1.88 bits per heavy atom. The van der Waals surface area contributed by atoms with Crippen LogP contribution >= 0.6 is 11.6 Å². The van der Waals surface area contributed by atoms with E-state index in [1.807, 2.05) is 0 Å². The highest BCUT2D eigenvalue weighted by molar-refractivity contribution is 6.49. The molecule has 7 nitrogen and oxygen atoms in total. The Bertz CT molecular complexity index is 1180. The molecule has 2 rings (SSSR count). The van der Waals surface area contributed by atoms with Crippen LogP contribution < -0.4 is 5.32 Å². The number of aryl methyl sites for hydroxylation is 1. The van der Waals surface area contributed by atoms with Gasteiger partial charge in [0.25, 0.3) is 0 Å². The van der Waals surface area contributed by atoms with Gasteiger partial charge in [-0.1, -0.05) is 11.6 Å². The number of carbonyl (C=O) groups excluding carboxylic acids is 2. The molecular weight excluding hydrogens is 466 g/mol. The van der Waals surface area contributed by atoms with E-state index in [0.717, 1.165) is 6.20 Å². The second-order valence-corrected chi connectivity index (χ2v) is 7.96. The number of carbonyl (C=O) groups is 2. The van der Waals surface area contributed by atoms with Crippen LogP contribution in [0.4, 0.5) is 8.78 Å². The number of aromatic nitrogens is 2. The molecule has 0 saturated heterocycles. The molecule has 180 valence electrons. The summed E-state index contributed by atoms with van der Waals surface area (Å²) in [5, 5.41) is 2.69. The summed E-state index contributed by atoms with van der Waals surface area (Å²) in [4.78, 5) is 33.5. The molecule has 0 atom stereocenters. The van der Waals surface area contributed by atoms with Crippen LogP contribution in [0.3, 0.4) is 0 Å². The van der Waals surface area contributed by atoms with E-state index in [1.165, 1.54) is 31.3 Å². The Kier molecular flexibility index (Phi) is 9.44. The Balaban J connectivity index is 2.51. The van der Waals surface area contributed by atoms with Crippen molar-refractivity contribution in [3.8, 4) is 0 Å². The first-order valence-corrected chi connectivity index (χ1v) is 10.5. The van der Waals surface area contributed by atoms with Crippen molar-refractivity contribution >= 4 is 28.3 Å². The first-order chi connectivity index (χ1) is 16.0. The summed E-state index contributed by atoms with van der Waals surface area (Å²) in [6.45, 7) is 4.35. The SMILES string of the molecule is CC(=O)N/C(C)=C\C(OCc1ncc(F)cc1F)=C(\Cl)c1cc(C(=O)/C=C/N(C)C)ncc1C. The number of allylic oxidation sites excluding steroid dienone is 3. The lowest BCUT2D eigenvalue weighted by Gasteiger charge is -2.14. The fourth-order valence-electron chi connectivity index (χ4n) is 2.70. The van der Waals surface area contributed by atoms with E-state index in [4.69, 9.17) is 16.3 Å². The number of amides is 1. The number of nitrogens with zero attached hydrogens (tertiary/aromatic N) is 3. The van der Waals surface area contributed by atoms with Crippen LogP contribution in [0.5, 0.6) is 0 Å². The molecule has 0 radical (unpaired) electrons. The zero-order valence-electron chi connectivity index (χ0n) is 19.4. The van der Waals surface area contributed by atoms with Crippen LogP contribution in [0, 0.1) is 18.6 Å². The molecule has 2 heterocycles. The molecule has 2 aromatic rings. The second-order valence-electron chi connectivity index (χ2n) is 7.59. The van der Waals surface area contributed by atoms with Crippen molar-refractivity contribution in [2.24, 2.45) is 0 Å². The van der Waals surface area contributed by atoms with Crippen molar-refractivity contribution in [2.75, 3.05) is 14.1 Å². The monoisotopic (exact) mass is 490 g/mol. The molecule has 1 amide bonds. The van der Waals surface area contributed by atoms with Gasteiger partial charge in [-0.05, 0) is 25.5 Å². The third-order valence-electron chi connectivity index (χ3n) is 4.30. The Morgan fingerprint density at radius 3 is 2.50 bits per heavy atom. The molecule has 0 aromatic carbocycles. The summed E-state index contributed by atoms with van der Waals surface area (Å²) < 4.78 is 32.9. The van der Waals surface area contributed by atoms with Crippen LogP contribution in [-0.4, -0.2) is 40.7 Å². The average molecular weight is 491 g/mol. The van der Waals surface area contributed by atoms with Crippen LogP contribution in [0.1, 0.15) is 41.2 Å². The third kappa shape index (κ3) is 7.77. The Labute approximate surface area is 201 Å². The van der Waals surface area contributed by atoms with E-state index in [9.17, 15) is 18.4 Å². The van der Waals surface area contributed by atoms with Gasteiger partial charge in [0.15, 0.2) is 5.82 Å². The average Bonchev–Trinajstić information content (AvgIpc) is 2.75. The topological polar surface area (TPSA) is 84.4 Å². The minimum absolute atomic E-state index is 0.0787. The van der Waals surface area contributed by atoms with Crippen molar-refractivity contribution in [1.29, 1.82) is 0 Å². The van der Waals surface area contributed by atoms with E-state index in [-0.39, 0.29) is 40.5 Å². The lowest BCUT2D eigenvalue weighted by atomic mass is 10.1. The zero-order chi connectivity index (χ0) is 25.4. The number of hydrogen-bond donors (Lipinski definition) is 1. The quantitative estimate of drug-likeness (QED) is 0.241. The van der Waals surface area contributed by atoms with Gasteiger partial charge in [-0.3, -0.25) is 19.6 Å². The van der Waals surface area contributed by atoms with E-state index < -0.39 is 11.6 Å². The summed E-state index contributed by atoms with van der Waals surface area (Å²) >= 11 is 6.65. The Morgan fingerprint density at radius 1 is 1.18 bits per heavy atom. The molecule has 0 fully saturated rings. The Hall–Kier alpha value is -3.59. The molecule has 0 aliphatic heterocycles. The molecule has 0 saturated carbocycles. The maximum atomic E-state index is 14.0. The predicted octanol–water partition coefficient (Wildman–Crippen LogP) is 4.49. The van der Waals surface area contributed by atoms with Gasteiger partial charge < -0.3 is 15.0 Å². The number of ketones is 1. The lowest BCUT2D eigenvalue weighted by molar-refractivity contribution is -0.118. The number of halogens is 3. The molecule has 2 aromatic heterocycles. The number of nitrogens with one attached hydrogen (secondary N) is 1. The molecule has 10 heteroatoms. The molecule has 0 bridgehead atoms.